The van der Waals surface area contributed by atoms with Crippen molar-refractivity contribution in [3.8, 4) is 11.5 Å². The lowest BCUT2D eigenvalue weighted by atomic mass is 9.72. The fourth-order valence-electron chi connectivity index (χ4n) is 4.78. The van der Waals surface area contributed by atoms with E-state index in [0.717, 1.165) is 19.3 Å². The molecule has 0 unspecified atom stereocenters. The molecule has 0 aromatic heterocycles. The van der Waals surface area contributed by atoms with Crippen LogP contribution in [0.3, 0.4) is 0 Å². The Morgan fingerprint density at radius 3 is 1.53 bits per heavy atom. The number of benzene rings is 2. The Bertz CT molecular complexity index is 1040. The van der Waals surface area contributed by atoms with Crippen molar-refractivity contribution in [1.29, 1.82) is 0 Å². The molecule has 0 amide bonds. The molecule has 5 nitrogen and oxygen atoms in total. The molecule has 0 atom stereocenters. The summed E-state index contributed by atoms with van der Waals surface area (Å²) in [7, 11) is 0. The maximum absolute atomic E-state index is 13.8. The number of hydrogen-bond donors (Lipinski definition) is 2. The van der Waals surface area contributed by atoms with Crippen LogP contribution < -0.4 is 0 Å². The zero-order chi connectivity index (χ0) is 28.7. The van der Waals surface area contributed by atoms with Crippen LogP contribution >= 0.6 is 0 Å². The third-order valence-corrected chi connectivity index (χ3v) is 7.36. The molecule has 0 fully saturated rings. The van der Waals surface area contributed by atoms with E-state index in [-0.39, 0.29) is 28.7 Å². The van der Waals surface area contributed by atoms with Gasteiger partial charge in [0.1, 0.15) is 16.9 Å². The summed E-state index contributed by atoms with van der Waals surface area (Å²) in [6.45, 7) is 15.9. The minimum absolute atomic E-state index is 0.146. The summed E-state index contributed by atoms with van der Waals surface area (Å²) in [5.74, 6) is -0.901. The molecule has 2 N–H and O–H groups in total. The first-order chi connectivity index (χ1) is 17.6. The predicted octanol–water partition coefficient (Wildman–Crippen LogP) is 8.21. The minimum Gasteiger partial charge on any atom is -0.508 e. The van der Waals surface area contributed by atoms with Gasteiger partial charge in [-0.15, -0.1) is 0 Å². The molecular formula is C33H48O5. The Balaban J connectivity index is 2.42. The largest absolute Gasteiger partial charge is 0.508 e. The molecule has 0 aliphatic rings. The Kier molecular flexibility index (Phi) is 10.6. The minimum atomic E-state index is -1.34. The van der Waals surface area contributed by atoms with E-state index in [1.165, 1.54) is 19.3 Å². The molecule has 38 heavy (non-hydrogen) atoms. The van der Waals surface area contributed by atoms with E-state index >= 15 is 0 Å². The van der Waals surface area contributed by atoms with Gasteiger partial charge >= 0.3 is 11.9 Å². The van der Waals surface area contributed by atoms with Crippen molar-refractivity contribution in [1.82, 2.24) is 0 Å². The third-order valence-electron chi connectivity index (χ3n) is 7.36. The lowest BCUT2D eigenvalue weighted by Gasteiger charge is -2.32. The van der Waals surface area contributed by atoms with Crippen LogP contribution in [0.5, 0.6) is 11.5 Å². The molecule has 0 saturated heterocycles. The molecule has 0 heterocycles. The number of esters is 2. The molecule has 210 valence electrons. The number of ether oxygens (including phenoxy) is 1. The molecule has 0 aliphatic carbocycles. The first kappa shape index (κ1) is 31.4. The summed E-state index contributed by atoms with van der Waals surface area (Å²) in [5.41, 5.74) is 0.528. The molecule has 2 aromatic rings. The fourth-order valence-corrected chi connectivity index (χ4v) is 4.78. The molecule has 2 aromatic carbocycles. The van der Waals surface area contributed by atoms with E-state index in [0.29, 0.717) is 28.7 Å². The van der Waals surface area contributed by atoms with Crippen LogP contribution in [0, 0.1) is 0 Å². The van der Waals surface area contributed by atoms with Crippen LogP contribution in [-0.4, -0.2) is 22.2 Å². The third kappa shape index (κ3) is 7.85. The van der Waals surface area contributed by atoms with Gasteiger partial charge < -0.3 is 14.9 Å². The smallest absolute Gasteiger partial charge is 0.328 e. The standard InChI is InChI=1S/C33H48O5/c1-9-10-11-12-13-14-15-16-29(36)38-30(37)33(8,23-17-19-27(34)25(21-23)31(2,3)4)24-18-20-28(35)26(22-24)32(5,6)7/h17-22,34-35H,9-16H2,1-8H3. The molecule has 0 saturated carbocycles. The van der Waals surface area contributed by atoms with Crippen molar-refractivity contribution in [2.45, 2.75) is 123 Å². The van der Waals surface area contributed by atoms with Crippen molar-refractivity contribution in [3.63, 3.8) is 0 Å². The second-order valence-electron chi connectivity index (χ2n) is 12.7. The lowest BCUT2D eigenvalue weighted by Crippen LogP contribution is -2.37. The van der Waals surface area contributed by atoms with E-state index < -0.39 is 17.4 Å². The van der Waals surface area contributed by atoms with Gasteiger partial charge in [0.2, 0.25) is 0 Å². The van der Waals surface area contributed by atoms with E-state index in [9.17, 15) is 19.8 Å². The van der Waals surface area contributed by atoms with Crippen LogP contribution in [0.1, 0.15) is 129 Å². The highest BCUT2D eigenvalue weighted by Crippen LogP contribution is 2.41. The van der Waals surface area contributed by atoms with Gasteiger partial charge in [0.25, 0.3) is 0 Å². The summed E-state index contributed by atoms with van der Waals surface area (Å²) in [5, 5.41) is 21.1. The van der Waals surface area contributed by atoms with Crippen LogP contribution in [0.2, 0.25) is 0 Å². The molecule has 2 rings (SSSR count). The Morgan fingerprint density at radius 1 is 0.684 bits per heavy atom. The first-order valence-electron chi connectivity index (χ1n) is 14.1. The first-order valence-corrected chi connectivity index (χ1v) is 14.1. The van der Waals surface area contributed by atoms with E-state index in [1.807, 2.05) is 53.7 Å². The summed E-state index contributed by atoms with van der Waals surface area (Å²) in [6.07, 6.45) is 7.70. The van der Waals surface area contributed by atoms with Crippen LogP contribution in [0.25, 0.3) is 0 Å². The highest BCUT2D eigenvalue weighted by Gasteiger charge is 2.42. The second-order valence-corrected chi connectivity index (χ2v) is 12.7. The number of carbonyl (C=O) groups is 2. The molecule has 0 aliphatic heterocycles. The quantitative estimate of drug-likeness (QED) is 0.176. The average Bonchev–Trinajstić information content (AvgIpc) is 2.82. The van der Waals surface area contributed by atoms with Gasteiger partial charge in [-0.05, 0) is 58.6 Å². The van der Waals surface area contributed by atoms with Gasteiger partial charge in [-0.2, -0.15) is 0 Å². The molecule has 0 radical (unpaired) electrons. The number of carbonyl (C=O) groups excluding carboxylic acids is 2. The number of hydrogen-bond acceptors (Lipinski definition) is 5. The van der Waals surface area contributed by atoms with Crippen molar-refractivity contribution in [2.24, 2.45) is 0 Å². The summed E-state index contributed by atoms with van der Waals surface area (Å²) >= 11 is 0. The highest BCUT2D eigenvalue weighted by atomic mass is 16.6. The zero-order valence-corrected chi connectivity index (χ0v) is 24.7. The summed E-state index contributed by atoms with van der Waals surface area (Å²) in [4.78, 5) is 26.5. The van der Waals surface area contributed by atoms with Crippen LogP contribution in [0.4, 0.5) is 0 Å². The number of rotatable bonds is 11. The van der Waals surface area contributed by atoms with Gasteiger partial charge in [-0.3, -0.25) is 9.59 Å². The second kappa shape index (κ2) is 12.8. The lowest BCUT2D eigenvalue weighted by molar-refractivity contribution is -0.162. The topological polar surface area (TPSA) is 83.8 Å². The number of aromatic hydroxyl groups is 2. The number of phenolic OH excluding ortho intramolecular Hbond substituents is 2. The van der Waals surface area contributed by atoms with Crippen LogP contribution in [-0.2, 0) is 30.6 Å². The Morgan fingerprint density at radius 2 is 1.11 bits per heavy atom. The van der Waals surface area contributed by atoms with Gasteiger partial charge in [0.05, 0.1) is 0 Å². The highest BCUT2D eigenvalue weighted by molar-refractivity contribution is 5.95. The number of unbranched alkanes of at least 4 members (excludes halogenated alkanes) is 6. The molecule has 5 heteroatoms. The maximum Gasteiger partial charge on any atom is 0.328 e. The monoisotopic (exact) mass is 524 g/mol. The van der Waals surface area contributed by atoms with Gasteiger partial charge in [0.15, 0.2) is 0 Å². The SMILES string of the molecule is CCCCCCCCCC(=O)OC(=O)C(C)(c1ccc(O)c(C(C)(C)C)c1)c1ccc(O)c(C(C)(C)C)c1. The fraction of sp³-hybridized carbons (Fsp3) is 0.576. The van der Waals surface area contributed by atoms with Crippen molar-refractivity contribution in [3.05, 3.63) is 58.7 Å². The van der Waals surface area contributed by atoms with Crippen molar-refractivity contribution in [2.75, 3.05) is 0 Å². The average molecular weight is 525 g/mol. The normalized spacial score (nSPS) is 12.4. The molecular weight excluding hydrogens is 476 g/mol. The Labute approximate surface area is 229 Å². The van der Waals surface area contributed by atoms with E-state index in [2.05, 4.69) is 6.92 Å². The zero-order valence-electron chi connectivity index (χ0n) is 24.7. The van der Waals surface area contributed by atoms with E-state index in [1.54, 1.807) is 31.2 Å². The van der Waals surface area contributed by atoms with Gasteiger partial charge in [-0.25, -0.2) is 0 Å². The van der Waals surface area contributed by atoms with Gasteiger partial charge in [0, 0.05) is 6.42 Å². The summed E-state index contributed by atoms with van der Waals surface area (Å²) in [6, 6.07) is 10.2. The van der Waals surface area contributed by atoms with Crippen LogP contribution in [0.15, 0.2) is 36.4 Å². The summed E-state index contributed by atoms with van der Waals surface area (Å²) < 4.78 is 5.48. The van der Waals surface area contributed by atoms with Crippen molar-refractivity contribution < 1.29 is 24.5 Å². The van der Waals surface area contributed by atoms with Crippen molar-refractivity contribution >= 4 is 11.9 Å². The molecule has 0 bridgehead atoms. The maximum atomic E-state index is 13.8. The Hall–Kier alpha value is -2.82. The number of phenols is 2. The predicted molar refractivity (Wildman–Crippen MR) is 154 cm³/mol. The molecule has 0 spiro atoms. The van der Waals surface area contributed by atoms with Gasteiger partial charge in [-0.1, -0.05) is 111 Å². The van der Waals surface area contributed by atoms with E-state index in [4.69, 9.17) is 4.74 Å².